The van der Waals surface area contributed by atoms with Gasteiger partial charge in [0, 0.05) is 24.0 Å². The van der Waals surface area contributed by atoms with E-state index in [-0.39, 0.29) is 17.5 Å². The molecule has 0 saturated carbocycles. The number of hydrogen-bond acceptors (Lipinski definition) is 6. The zero-order chi connectivity index (χ0) is 14.7. The predicted octanol–water partition coefficient (Wildman–Crippen LogP) is 2.65. The predicted molar refractivity (Wildman–Crippen MR) is 79.9 cm³/mol. The van der Waals surface area contributed by atoms with E-state index in [4.69, 9.17) is 5.73 Å². The molecule has 0 radical (unpaired) electrons. The van der Waals surface area contributed by atoms with Crippen LogP contribution in [0.4, 0.5) is 10.7 Å². The molecular formula is C14H14N4OS. The summed E-state index contributed by atoms with van der Waals surface area (Å²) in [5, 5.41) is 13.0. The molecule has 2 aromatic rings. The fourth-order valence-electron chi connectivity index (χ4n) is 1.72. The Morgan fingerprint density at radius 1 is 1.45 bits per heavy atom. The van der Waals surface area contributed by atoms with Gasteiger partial charge in [0.2, 0.25) is 5.78 Å². The lowest BCUT2D eigenvalue weighted by molar-refractivity contribution is 0.104. The lowest BCUT2D eigenvalue weighted by Gasteiger charge is -2.06. The maximum absolute atomic E-state index is 12.4. The Morgan fingerprint density at radius 3 is 2.65 bits per heavy atom. The normalized spacial score (nSPS) is 10.3. The van der Waals surface area contributed by atoms with E-state index in [0.29, 0.717) is 21.0 Å². The molecule has 2 aromatic heterocycles. The number of nitrogens with one attached hydrogen (secondary N) is 1. The largest absolute Gasteiger partial charge is 0.396 e. The van der Waals surface area contributed by atoms with E-state index in [1.807, 2.05) is 13.8 Å². The second kappa shape index (κ2) is 5.72. The Bertz CT molecular complexity index is 670. The smallest absolute Gasteiger partial charge is 0.205 e. The van der Waals surface area contributed by atoms with Crippen molar-refractivity contribution in [1.29, 1.82) is 5.26 Å². The molecule has 0 amide bonds. The number of hydrogen-bond donors (Lipinski definition) is 2. The molecule has 20 heavy (non-hydrogen) atoms. The third-order valence-electron chi connectivity index (χ3n) is 2.63. The lowest BCUT2D eigenvalue weighted by atomic mass is 10.1. The van der Waals surface area contributed by atoms with Gasteiger partial charge >= 0.3 is 0 Å². The van der Waals surface area contributed by atoms with Crippen molar-refractivity contribution in [3.05, 3.63) is 40.5 Å². The fraction of sp³-hybridized carbons (Fsp3) is 0.214. The highest BCUT2D eigenvalue weighted by Gasteiger charge is 2.22. The number of ketones is 1. The van der Waals surface area contributed by atoms with Crippen LogP contribution in [-0.4, -0.2) is 16.8 Å². The number of aromatic nitrogens is 1. The third-order valence-corrected chi connectivity index (χ3v) is 3.76. The molecule has 6 heteroatoms. The number of thiophene rings is 1. The van der Waals surface area contributed by atoms with Gasteiger partial charge < -0.3 is 11.1 Å². The number of nitrogen functional groups attached to an aromatic ring is 1. The first-order valence-electron chi connectivity index (χ1n) is 6.08. The van der Waals surface area contributed by atoms with Gasteiger partial charge in [-0.05, 0) is 26.0 Å². The summed E-state index contributed by atoms with van der Waals surface area (Å²) in [7, 11) is 0. The highest BCUT2D eigenvalue weighted by molar-refractivity contribution is 7.19. The van der Waals surface area contributed by atoms with Crippen molar-refractivity contribution in [2.45, 2.75) is 19.9 Å². The summed E-state index contributed by atoms with van der Waals surface area (Å²) in [6.07, 6.45) is 3.10. The molecule has 0 aliphatic carbocycles. The Morgan fingerprint density at radius 2 is 2.10 bits per heavy atom. The zero-order valence-electron chi connectivity index (χ0n) is 11.2. The first-order valence-corrected chi connectivity index (χ1v) is 6.89. The molecule has 0 aliphatic rings. The summed E-state index contributed by atoms with van der Waals surface area (Å²) in [6.45, 7) is 3.92. The summed E-state index contributed by atoms with van der Waals surface area (Å²) in [5.74, 6) is -0.191. The van der Waals surface area contributed by atoms with Crippen molar-refractivity contribution in [3.63, 3.8) is 0 Å². The molecule has 0 unspecified atom stereocenters. The standard InChI is InChI=1S/C14H14N4OS/c1-8(2)18-14-10(7-15)11(16)13(20-14)12(19)9-3-5-17-6-4-9/h3-6,8,18H,16H2,1-2H3. The van der Waals surface area contributed by atoms with Crippen LogP contribution in [0.2, 0.25) is 0 Å². The van der Waals surface area contributed by atoms with E-state index in [0.717, 1.165) is 0 Å². The van der Waals surface area contributed by atoms with Gasteiger partial charge in [0.15, 0.2) is 0 Å². The minimum atomic E-state index is -0.191. The SMILES string of the molecule is CC(C)Nc1sc(C(=O)c2ccncc2)c(N)c1C#N. The minimum absolute atomic E-state index is 0.157. The molecule has 2 heterocycles. The van der Waals surface area contributed by atoms with Crippen LogP contribution in [0.3, 0.4) is 0 Å². The number of nitrogens with two attached hydrogens (primary N) is 1. The number of carbonyl (C=O) groups is 1. The first kappa shape index (κ1) is 14.0. The van der Waals surface area contributed by atoms with Crippen LogP contribution in [-0.2, 0) is 0 Å². The van der Waals surface area contributed by atoms with Crippen LogP contribution in [0.25, 0.3) is 0 Å². The van der Waals surface area contributed by atoms with Crippen LogP contribution in [0.1, 0.15) is 34.6 Å². The minimum Gasteiger partial charge on any atom is -0.396 e. The van der Waals surface area contributed by atoms with Gasteiger partial charge in [-0.3, -0.25) is 9.78 Å². The number of carbonyl (C=O) groups excluding carboxylic acids is 1. The number of nitrogens with zero attached hydrogens (tertiary/aromatic N) is 2. The van der Waals surface area contributed by atoms with E-state index in [1.54, 1.807) is 24.5 Å². The highest BCUT2D eigenvalue weighted by atomic mass is 32.1. The van der Waals surface area contributed by atoms with E-state index in [9.17, 15) is 10.1 Å². The Hall–Kier alpha value is -2.39. The van der Waals surface area contributed by atoms with Gasteiger partial charge in [-0.2, -0.15) is 5.26 Å². The number of anilines is 2. The molecule has 0 aliphatic heterocycles. The summed E-state index contributed by atoms with van der Waals surface area (Å²) in [6, 6.07) is 5.47. The second-order valence-electron chi connectivity index (χ2n) is 4.52. The van der Waals surface area contributed by atoms with Crippen LogP contribution < -0.4 is 11.1 Å². The van der Waals surface area contributed by atoms with Crippen LogP contribution in [0, 0.1) is 11.3 Å². The molecule has 0 bridgehead atoms. The molecule has 3 N–H and O–H groups in total. The maximum Gasteiger partial charge on any atom is 0.205 e. The van der Waals surface area contributed by atoms with Crippen molar-refractivity contribution in [2.75, 3.05) is 11.1 Å². The number of nitriles is 1. The van der Waals surface area contributed by atoms with Crippen molar-refractivity contribution in [1.82, 2.24) is 4.98 Å². The molecule has 0 spiro atoms. The van der Waals surface area contributed by atoms with E-state index in [1.165, 1.54) is 11.3 Å². The van der Waals surface area contributed by atoms with Gasteiger partial charge in [0.25, 0.3) is 0 Å². The average molecular weight is 286 g/mol. The Labute approximate surface area is 121 Å². The second-order valence-corrected chi connectivity index (χ2v) is 5.55. The monoisotopic (exact) mass is 286 g/mol. The van der Waals surface area contributed by atoms with E-state index < -0.39 is 0 Å². The quantitative estimate of drug-likeness (QED) is 0.843. The van der Waals surface area contributed by atoms with Gasteiger partial charge in [-0.15, -0.1) is 11.3 Å². The van der Waals surface area contributed by atoms with Crippen molar-refractivity contribution < 1.29 is 4.79 Å². The molecular weight excluding hydrogens is 272 g/mol. The highest BCUT2D eigenvalue weighted by Crippen LogP contribution is 2.36. The maximum atomic E-state index is 12.4. The van der Waals surface area contributed by atoms with E-state index in [2.05, 4.69) is 16.4 Å². The molecule has 0 saturated heterocycles. The molecule has 0 atom stereocenters. The molecule has 0 aromatic carbocycles. The van der Waals surface area contributed by atoms with Crippen molar-refractivity contribution >= 4 is 27.8 Å². The number of rotatable bonds is 4. The van der Waals surface area contributed by atoms with E-state index >= 15 is 0 Å². The molecule has 5 nitrogen and oxygen atoms in total. The molecule has 2 rings (SSSR count). The van der Waals surface area contributed by atoms with Gasteiger partial charge in [0.1, 0.15) is 21.5 Å². The summed E-state index contributed by atoms with van der Waals surface area (Å²) < 4.78 is 0. The fourth-order valence-corrected chi connectivity index (χ4v) is 2.90. The Kier molecular flexibility index (Phi) is 4.01. The summed E-state index contributed by atoms with van der Waals surface area (Å²) in [5.41, 5.74) is 7.02. The zero-order valence-corrected chi connectivity index (χ0v) is 12.0. The Balaban J connectivity index is 2.46. The van der Waals surface area contributed by atoms with Crippen LogP contribution in [0.5, 0.6) is 0 Å². The average Bonchev–Trinajstić information content (AvgIpc) is 2.74. The number of pyridine rings is 1. The van der Waals surface area contributed by atoms with Gasteiger partial charge in [0.05, 0.1) is 5.69 Å². The summed E-state index contributed by atoms with van der Waals surface area (Å²) >= 11 is 1.21. The van der Waals surface area contributed by atoms with Gasteiger partial charge in [-0.25, -0.2) is 0 Å². The van der Waals surface area contributed by atoms with Crippen LogP contribution >= 0.6 is 11.3 Å². The van der Waals surface area contributed by atoms with Gasteiger partial charge in [-0.1, -0.05) is 0 Å². The van der Waals surface area contributed by atoms with Crippen molar-refractivity contribution in [2.24, 2.45) is 0 Å². The molecule has 102 valence electrons. The third kappa shape index (κ3) is 2.63. The summed E-state index contributed by atoms with van der Waals surface area (Å²) in [4.78, 5) is 16.7. The van der Waals surface area contributed by atoms with Crippen molar-refractivity contribution in [3.8, 4) is 6.07 Å². The van der Waals surface area contributed by atoms with Crippen LogP contribution in [0.15, 0.2) is 24.5 Å². The first-order chi connectivity index (χ1) is 9.54. The molecule has 0 fully saturated rings. The lowest BCUT2D eigenvalue weighted by Crippen LogP contribution is -2.09. The topological polar surface area (TPSA) is 91.8 Å².